The van der Waals surface area contributed by atoms with Crippen molar-refractivity contribution in [2.75, 3.05) is 5.32 Å². The summed E-state index contributed by atoms with van der Waals surface area (Å²) in [6.07, 6.45) is 2.71. The van der Waals surface area contributed by atoms with Crippen LogP contribution in [0.15, 0.2) is 64.4 Å². The lowest BCUT2D eigenvalue weighted by atomic mass is 10.0. The van der Waals surface area contributed by atoms with Crippen LogP contribution >= 0.6 is 0 Å². The Kier molecular flexibility index (Phi) is 5.77. The van der Waals surface area contributed by atoms with Gasteiger partial charge < -0.3 is 5.32 Å². The van der Waals surface area contributed by atoms with Gasteiger partial charge in [-0.1, -0.05) is 38.1 Å². The Hall–Kier alpha value is -3.48. The van der Waals surface area contributed by atoms with E-state index in [1.54, 1.807) is 13.0 Å². The number of halogens is 1. The van der Waals surface area contributed by atoms with Crippen molar-refractivity contribution in [3.8, 4) is 5.69 Å². The molecule has 7 heteroatoms. The fourth-order valence-electron chi connectivity index (χ4n) is 3.12. The van der Waals surface area contributed by atoms with E-state index >= 15 is 0 Å². The summed E-state index contributed by atoms with van der Waals surface area (Å²) in [5, 5.41) is 2.79. The molecular formula is C22H22FN3O3. The first-order valence-corrected chi connectivity index (χ1v) is 9.25. The summed E-state index contributed by atoms with van der Waals surface area (Å²) >= 11 is 0. The standard InChI is InChI=1S/C22H22FN3O3/c1-14(2)17-6-4-5-7-18(17)24-20(27)13-25-10-11-26(22(29)21(25)28)19-12-16(23)9-8-15(19)3/h4-12,14H,13H2,1-3H3,(H,24,27). The van der Waals surface area contributed by atoms with Gasteiger partial charge in [-0.05, 0) is 42.2 Å². The molecule has 6 nitrogen and oxygen atoms in total. The third-order valence-corrected chi connectivity index (χ3v) is 4.66. The Morgan fingerprint density at radius 3 is 2.52 bits per heavy atom. The summed E-state index contributed by atoms with van der Waals surface area (Å²) in [5.74, 6) is -0.711. The van der Waals surface area contributed by atoms with E-state index in [2.05, 4.69) is 5.32 Å². The molecule has 150 valence electrons. The van der Waals surface area contributed by atoms with Gasteiger partial charge in [-0.3, -0.25) is 23.5 Å². The maximum atomic E-state index is 13.6. The van der Waals surface area contributed by atoms with Crippen molar-refractivity contribution in [1.82, 2.24) is 9.13 Å². The van der Waals surface area contributed by atoms with Crippen LogP contribution < -0.4 is 16.4 Å². The maximum Gasteiger partial charge on any atom is 0.320 e. The summed E-state index contributed by atoms with van der Waals surface area (Å²) in [7, 11) is 0. The predicted octanol–water partition coefficient (Wildman–Crippen LogP) is 3.21. The van der Waals surface area contributed by atoms with Crippen LogP contribution in [0.1, 0.15) is 30.9 Å². The van der Waals surface area contributed by atoms with Crippen molar-refractivity contribution in [3.63, 3.8) is 0 Å². The molecule has 0 aliphatic rings. The average Bonchev–Trinajstić information content (AvgIpc) is 2.68. The number of rotatable bonds is 5. The highest BCUT2D eigenvalue weighted by atomic mass is 19.1. The van der Waals surface area contributed by atoms with E-state index in [4.69, 9.17) is 0 Å². The molecule has 0 saturated carbocycles. The van der Waals surface area contributed by atoms with E-state index in [1.807, 2.05) is 32.0 Å². The fourth-order valence-corrected chi connectivity index (χ4v) is 3.12. The van der Waals surface area contributed by atoms with Crippen LogP contribution in [0.5, 0.6) is 0 Å². The van der Waals surface area contributed by atoms with Crippen molar-refractivity contribution < 1.29 is 9.18 Å². The lowest BCUT2D eigenvalue weighted by Crippen LogP contribution is -2.41. The number of hydrogen-bond acceptors (Lipinski definition) is 3. The van der Waals surface area contributed by atoms with Gasteiger partial charge in [0.25, 0.3) is 0 Å². The molecule has 3 rings (SSSR count). The molecule has 0 fully saturated rings. The van der Waals surface area contributed by atoms with Crippen LogP contribution in [0.2, 0.25) is 0 Å². The van der Waals surface area contributed by atoms with Crippen molar-refractivity contribution in [2.45, 2.75) is 33.2 Å². The maximum absolute atomic E-state index is 13.6. The molecule has 0 bridgehead atoms. The second-order valence-corrected chi connectivity index (χ2v) is 7.13. The predicted molar refractivity (Wildman–Crippen MR) is 110 cm³/mol. The first-order valence-electron chi connectivity index (χ1n) is 9.25. The second-order valence-electron chi connectivity index (χ2n) is 7.13. The number of amides is 1. The number of carbonyl (C=O) groups is 1. The monoisotopic (exact) mass is 395 g/mol. The lowest BCUT2D eigenvalue weighted by Gasteiger charge is -2.14. The molecule has 0 unspecified atom stereocenters. The zero-order valence-corrected chi connectivity index (χ0v) is 16.5. The highest BCUT2D eigenvalue weighted by Crippen LogP contribution is 2.23. The topological polar surface area (TPSA) is 73.1 Å². The molecule has 0 radical (unpaired) electrons. The van der Waals surface area contributed by atoms with E-state index in [1.165, 1.54) is 30.6 Å². The summed E-state index contributed by atoms with van der Waals surface area (Å²) in [4.78, 5) is 37.4. The molecule has 29 heavy (non-hydrogen) atoms. The van der Waals surface area contributed by atoms with Gasteiger partial charge >= 0.3 is 11.1 Å². The van der Waals surface area contributed by atoms with Crippen LogP contribution in [0.25, 0.3) is 5.69 Å². The molecule has 0 spiro atoms. The Bertz CT molecular complexity index is 1180. The number of para-hydroxylation sites is 1. The van der Waals surface area contributed by atoms with Gasteiger partial charge in [0.2, 0.25) is 5.91 Å². The van der Waals surface area contributed by atoms with Gasteiger partial charge in [0.1, 0.15) is 12.4 Å². The van der Waals surface area contributed by atoms with E-state index in [0.29, 0.717) is 11.3 Å². The van der Waals surface area contributed by atoms with Gasteiger partial charge in [-0.2, -0.15) is 0 Å². The smallest absolute Gasteiger partial charge is 0.320 e. The number of anilines is 1. The first kappa shape index (κ1) is 20.3. The molecule has 0 aliphatic carbocycles. The van der Waals surface area contributed by atoms with Crippen molar-refractivity contribution in [3.05, 3.63) is 92.5 Å². The van der Waals surface area contributed by atoms with E-state index < -0.39 is 22.8 Å². The van der Waals surface area contributed by atoms with Gasteiger partial charge in [0.05, 0.1) is 5.69 Å². The molecule has 1 aromatic heterocycles. The SMILES string of the molecule is Cc1ccc(F)cc1-n1ccn(CC(=O)Nc2ccccc2C(C)C)c(=O)c1=O. The summed E-state index contributed by atoms with van der Waals surface area (Å²) in [6, 6.07) is 11.4. The van der Waals surface area contributed by atoms with Crippen molar-refractivity contribution >= 4 is 11.6 Å². The van der Waals surface area contributed by atoms with Crippen molar-refractivity contribution in [2.24, 2.45) is 0 Å². The van der Waals surface area contributed by atoms with Crippen LogP contribution in [-0.4, -0.2) is 15.0 Å². The molecule has 3 aromatic rings. The second kappa shape index (κ2) is 8.26. The fraction of sp³-hybridized carbons (Fsp3) is 0.227. The Labute approximate surface area is 167 Å². The molecule has 2 aromatic carbocycles. The highest BCUT2D eigenvalue weighted by molar-refractivity contribution is 5.91. The first-order chi connectivity index (χ1) is 13.8. The summed E-state index contributed by atoms with van der Waals surface area (Å²) in [5.41, 5.74) is 0.873. The minimum Gasteiger partial charge on any atom is -0.324 e. The molecule has 0 aliphatic heterocycles. The van der Waals surface area contributed by atoms with Gasteiger partial charge in [-0.25, -0.2) is 4.39 Å². The number of nitrogens with zero attached hydrogens (tertiary/aromatic N) is 2. The molecule has 0 saturated heterocycles. The Morgan fingerprint density at radius 1 is 1.07 bits per heavy atom. The minimum absolute atomic E-state index is 0.215. The number of nitrogens with one attached hydrogen (secondary N) is 1. The van der Waals surface area contributed by atoms with Crippen LogP contribution in [-0.2, 0) is 11.3 Å². The molecular weight excluding hydrogens is 373 g/mol. The van der Waals surface area contributed by atoms with Crippen LogP contribution in [0.3, 0.4) is 0 Å². The lowest BCUT2D eigenvalue weighted by molar-refractivity contribution is -0.116. The largest absolute Gasteiger partial charge is 0.324 e. The van der Waals surface area contributed by atoms with E-state index in [0.717, 1.165) is 14.7 Å². The number of aryl methyl sites for hydroxylation is 1. The summed E-state index contributed by atoms with van der Waals surface area (Å²) < 4.78 is 15.7. The Balaban J connectivity index is 1.87. The van der Waals surface area contributed by atoms with E-state index in [9.17, 15) is 18.8 Å². The van der Waals surface area contributed by atoms with Gasteiger partial charge in [0, 0.05) is 18.1 Å². The van der Waals surface area contributed by atoms with Crippen LogP contribution in [0, 0.1) is 12.7 Å². The third-order valence-electron chi connectivity index (χ3n) is 4.66. The Morgan fingerprint density at radius 2 is 1.79 bits per heavy atom. The number of aromatic nitrogens is 2. The quantitative estimate of drug-likeness (QED) is 0.674. The molecule has 1 N–H and O–H groups in total. The van der Waals surface area contributed by atoms with Crippen molar-refractivity contribution in [1.29, 1.82) is 0 Å². The zero-order valence-electron chi connectivity index (χ0n) is 16.5. The van der Waals surface area contributed by atoms with Crippen LogP contribution in [0.4, 0.5) is 10.1 Å². The van der Waals surface area contributed by atoms with Gasteiger partial charge in [0.15, 0.2) is 0 Å². The third kappa shape index (κ3) is 4.34. The number of benzene rings is 2. The average molecular weight is 395 g/mol. The molecule has 1 amide bonds. The van der Waals surface area contributed by atoms with Gasteiger partial charge in [-0.15, -0.1) is 0 Å². The zero-order chi connectivity index (χ0) is 21.1. The summed E-state index contributed by atoms with van der Waals surface area (Å²) in [6.45, 7) is 5.45. The number of carbonyl (C=O) groups excluding carboxylic acids is 1. The normalized spacial score (nSPS) is 10.9. The minimum atomic E-state index is -0.858. The van der Waals surface area contributed by atoms with E-state index in [-0.39, 0.29) is 18.2 Å². The highest BCUT2D eigenvalue weighted by Gasteiger charge is 2.13. The number of hydrogen-bond donors (Lipinski definition) is 1. The molecule has 1 heterocycles. The molecule has 0 atom stereocenters.